The Balaban J connectivity index is 1.52. The van der Waals surface area contributed by atoms with Gasteiger partial charge in [-0.1, -0.05) is 54.6 Å². The number of hydrogen-bond donors (Lipinski definition) is 3. The maximum atomic E-state index is 12.3. The van der Waals surface area contributed by atoms with Gasteiger partial charge in [0.25, 0.3) is 5.91 Å². The van der Waals surface area contributed by atoms with Crippen molar-refractivity contribution >= 4 is 11.9 Å². The smallest absolute Gasteiger partial charge is 0.320 e. The van der Waals surface area contributed by atoms with Crippen LogP contribution < -0.4 is 15.8 Å². The van der Waals surface area contributed by atoms with Gasteiger partial charge in [0.15, 0.2) is 0 Å². The van der Waals surface area contributed by atoms with Crippen molar-refractivity contribution in [3.63, 3.8) is 0 Å². The largest absolute Gasteiger partial charge is 0.496 e. The molecule has 0 saturated carbocycles. The van der Waals surface area contributed by atoms with Crippen molar-refractivity contribution in [2.75, 3.05) is 13.7 Å². The van der Waals surface area contributed by atoms with Gasteiger partial charge in [0, 0.05) is 17.7 Å². The van der Waals surface area contributed by atoms with E-state index < -0.39 is 12.0 Å². The maximum Gasteiger partial charge on any atom is 0.320 e. The number of aliphatic carboxylic acids is 1. The highest BCUT2D eigenvalue weighted by molar-refractivity contribution is 5.94. The molecule has 0 aliphatic heterocycles. The van der Waals surface area contributed by atoms with Crippen molar-refractivity contribution in [1.82, 2.24) is 5.32 Å². The molecule has 3 aromatic carbocycles. The lowest BCUT2D eigenvalue weighted by molar-refractivity contribution is -0.138. The molecule has 31 heavy (non-hydrogen) atoms. The maximum absolute atomic E-state index is 12.3. The SMILES string of the molecule is COc1ccccc1-c1ccc(CCNC(=O)c2ccc(C[C@H](N)C(=O)O)cc2)cc1. The lowest BCUT2D eigenvalue weighted by Gasteiger charge is -2.10. The van der Waals surface area contributed by atoms with Gasteiger partial charge >= 0.3 is 5.97 Å². The molecule has 1 atom stereocenters. The molecule has 0 saturated heterocycles. The molecule has 0 spiro atoms. The van der Waals surface area contributed by atoms with Gasteiger partial charge in [-0.2, -0.15) is 0 Å². The van der Waals surface area contributed by atoms with Crippen molar-refractivity contribution in [1.29, 1.82) is 0 Å². The van der Waals surface area contributed by atoms with Crippen LogP contribution in [-0.4, -0.2) is 36.7 Å². The summed E-state index contributed by atoms with van der Waals surface area (Å²) in [4.78, 5) is 23.2. The first-order valence-corrected chi connectivity index (χ1v) is 10.1. The van der Waals surface area contributed by atoms with E-state index in [0.717, 1.165) is 28.0 Å². The molecule has 0 aromatic heterocycles. The Kier molecular flexibility index (Phi) is 7.40. The van der Waals surface area contributed by atoms with Gasteiger partial charge < -0.3 is 20.9 Å². The van der Waals surface area contributed by atoms with Crippen molar-refractivity contribution in [2.45, 2.75) is 18.9 Å². The number of carbonyl (C=O) groups is 2. The van der Waals surface area contributed by atoms with Crippen molar-refractivity contribution in [3.8, 4) is 16.9 Å². The highest BCUT2D eigenvalue weighted by Crippen LogP contribution is 2.29. The molecule has 0 aliphatic rings. The summed E-state index contributed by atoms with van der Waals surface area (Å²) >= 11 is 0. The number of benzene rings is 3. The van der Waals surface area contributed by atoms with Crippen LogP contribution in [-0.2, 0) is 17.6 Å². The molecular weight excluding hydrogens is 392 g/mol. The van der Waals surface area contributed by atoms with E-state index >= 15 is 0 Å². The number of carboxylic acids is 1. The van der Waals surface area contributed by atoms with Gasteiger partial charge in [0.1, 0.15) is 11.8 Å². The number of nitrogens with one attached hydrogen (secondary N) is 1. The highest BCUT2D eigenvalue weighted by Gasteiger charge is 2.12. The minimum atomic E-state index is -1.04. The van der Waals surface area contributed by atoms with E-state index in [1.54, 1.807) is 31.4 Å². The fourth-order valence-corrected chi connectivity index (χ4v) is 3.29. The Morgan fingerprint density at radius 3 is 2.26 bits per heavy atom. The lowest BCUT2D eigenvalue weighted by Crippen LogP contribution is -2.32. The molecule has 6 nitrogen and oxygen atoms in total. The third kappa shape index (κ3) is 5.93. The van der Waals surface area contributed by atoms with Gasteiger partial charge in [0.2, 0.25) is 0 Å². The van der Waals surface area contributed by atoms with Gasteiger partial charge in [-0.25, -0.2) is 0 Å². The van der Waals surface area contributed by atoms with Crippen molar-refractivity contribution < 1.29 is 19.4 Å². The normalized spacial score (nSPS) is 11.5. The fraction of sp³-hybridized carbons (Fsp3) is 0.200. The molecule has 0 aliphatic carbocycles. The number of carboxylic acid groups (broad SMARTS) is 1. The number of rotatable bonds is 9. The zero-order valence-electron chi connectivity index (χ0n) is 17.4. The average molecular weight is 418 g/mol. The summed E-state index contributed by atoms with van der Waals surface area (Å²) in [7, 11) is 1.66. The van der Waals surface area contributed by atoms with Crippen LogP contribution >= 0.6 is 0 Å². The Bertz CT molecular complexity index is 1030. The van der Waals surface area contributed by atoms with Crippen LogP contribution in [0.2, 0.25) is 0 Å². The van der Waals surface area contributed by atoms with Crippen LogP contribution in [0.5, 0.6) is 5.75 Å². The molecule has 3 rings (SSSR count). The molecular formula is C25H26N2O4. The Hall–Kier alpha value is -3.64. The first-order valence-electron chi connectivity index (χ1n) is 10.1. The second-order valence-corrected chi connectivity index (χ2v) is 7.25. The molecule has 0 fully saturated rings. The molecule has 0 bridgehead atoms. The summed E-state index contributed by atoms with van der Waals surface area (Å²) in [6, 6.07) is 22.0. The van der Waals surface area contributed by atoms with E-state index in [2.05, 4.69) is 29.6 Å². The van der Waals surface area contributed by atoms with Gasteiger partial charge in [0.05, 0.1) is 7.11 Å². The highest BCUT2D eigenvalue weighted by atomic mass is 16.5. The Labute approximate surface area is 181 Å². The molecule has 3 aromatic rings. The first-order chi connectivity index (χ1) is 15.0. The zero-order chi connectivity index (χ0) is 22.2. The second kappa shape index (κ2) is 10.4. The standard InChI is InChI=1S/C25H26N2O4/c1-31-23-5-3-2-4-21(23)19-10-6-17(7-11-19)14-15-27-24(28)20-12-8-18(9-13-20)16-22(26)25(29)30/h2-13,22H,14-16,26H2,1H3,(H,27,28)(H,29,30)/t22-/m0/s1. The van der Waals surface area contributed by atoms with Gasteiger partial charge in [-0.3, -0.25) is 9.59 Å². The van der Waals surface area contributed by atoms with Gasteiger partial charge in [-0.15, -0.1) is 0 Å². The summed E-state index contributed by atoms with van der Waals surface area (Å²) in [6.07, 6.45) is 0.936. The van der Waals surface area contributed by atoms with Crippen LogP contribution in [0.4, 0.5) is 0 Å². The number of ether oxygens (including phenoxy) is 1. The molecule has 0 unspecified atom stereocenters. The lowest BCUT2D eigenvalue weighted by atomic mass is 10.0. The Morgan fingerprint density at radius 1 is 0.968 bits per heavy atom. The topological polar surface area (TPSA) is 102 Å². The Morgan fingerprint density at radius 2 is 1.61 bits per heavy atom. The predicted octanol–water partition coefficient (Wildman–Crippen LogP) is 3.29. The summed E-state index contributed by atoms with van der Waals surface area (Å²) in [6.45, 7) is 0.512. The number of carbonyl (C=O) groups excluding carboxylic acids is 1. The summed E-state index contributed by atoms with van der Waals surface area (Å²) < 4.78 is 5.42. The van der Waals surface area contributed by atoms with Crippen LogP contribution in [0.1, 0.15) is 21.5 Å². The summed E-state index contributed by atoms with van der Waals surface area (Å²) in [5.74, 6) is -0.379. The van der Waals surface area contributed by atoms with E-state index in [4.69, 9.17) is 15.6 Å². The molecule has 0 heterocycles. The molecule has 0 radical (unpaired) electrons. The van der Waals surface area contributed by atoms with E-state index in [1.165, 1.54) is 0 Å². The minimum Gasteiger partial charge on any atom is -0.496 e. The van der Waals surface area contributed by atoms with Crippen LogP contribution in [0.25, 0.3) is 11.1 Å². The van der Waals surface area contributed by atoms with E-state index in [0.29, 0.717) is 18.5 Å². The monoisotopic (exact) mass is 418 g/mol. The zero-order valence-corrected chi connectivity index (χ0v) is 17.4. The second-order valence-electron chi connectivity index (χ2n) is 7.25. The van der Waals surface area contributed by atoms with Gasteiger partial charge in [-0.05, 0) is 47.7 Å². The molecule has 160 valence electrons. The van der Waals surface area contributed by atoms with Crippen molar-refractivity contribution in [3.05, 3.63) is 89.5 Å². The third-order valence-electron chi connectivity index (χ3n) is 5.06. The third-order valence-corrected chi connectivity index (χ3v) is 5.06. The first kappa shape index (κ1) is 22.1. The van der Waals surface area contributed by atoms with Crippen LogP contribution in [0, 0.1) is 0 Å². The number of methoxy groups -OCH3 is 1. The quantitative estimate of drug-likeness (QED) is 0.495. The summed E-state index contributed by atoms with van der Waals surface area (Å²) in [5.41, 5.74) is 10.1. The van der Waals surface area contributed by atoms with Crippen LogP contribution in [0.15, 0.2) is 72.8 Å². The summed E-state index contributed by atoms with van der Waals surface area (Å²) in [5, 5.41) is 11.8. The van der Waals surface area contributed by atoms with E-state index in [9.17, 15) is 9.59 Å². The molecule has 1 amide bonds. The number of amides is 1. The number of hydrogen-bond acceptors (Lipinski definition) is 4. The predicted molar refractivity (Wildman–Crippen MR) is 120 cm³/mol. The van der Waals surface area contributed by atoms with E-state index in [1.807, 2.05) is 24.3 Å². The van der Waals surface area contributed by atoms with Crippen LogP contribution in [0.3, 0.4) is 0 Å². The van der Waals surface area contributed by atoms with E-state index in [-0.39, 0.29) is 12.3 Å². The number of nitrogens with two attached hydrogens (primary N) is 1. The molecule has 4 N–H and O–H groups in total. The fourth-order valence-electron chi connectivity index (χ4n) is 3.29. The van der Waals surface area contributed by atoms with Crippen molar-refractivity contribution in [2.24, 2.45) is 5.73 Å². The average Bonchev–Trinajstić information content (AvgIpc) is 2.80. The molecule has 6 heteroatoms. The number of para-hydroxylation sites is 1. The minimum absolute atomic E-state index is 0.167.